The summed E-state index contributed by atoms with van der Waals surface area (Å²) in [5, 5.41) is 13.7. The largest absolute Gasteiger partial charge is 0.496 e. The third kappa shape index (κ3) is 6.82. The Kier molecular flexibility index (Phi) is 10.0. The van der Waals surface area contributed by atoms with Crippen molar-refractivity contribution in [2.75, 3.05) is 33.9 Å². The fourth-order valence-corrected chi connectivity index (χ4v) is 6.15. The molecule has 3 heterocycles. The number of carbonyl (C=O) groups is 1. The van der Waals surface area contributed by atoms with Gasteiger partial charge in [0.25, 0.3) is 0 Å². The Hall–Kier alpha value is -3.73. The van der Waals surface area contributed by atoms with Gasteiger partial charge in [-0.15, -0.1) is 0 Å². The molecule has 0 spiro atoms. The van der Waals surface area contributed by atoms with Crippen molar-refractivity contribution in [3.8, 4) is 45.3 Å². The number of rotatable bonds is 11. The van der Waals surface area contributed by atoms with Crippen LogP contribution in [0.25, 0.3) is 33.6 Å². The Morgan fingerprint density at radius 1 is 1.09 bits per heavy atom. The Labute approximate surface area is 266 Å². The smallest absolute Gasteiger partial charge is 0.231 e. The van der Waals surface area contributed by atoms with Crippen molar-refractivity contribution in [1.82, 2.24) is 20.2 Å². The number of methoxy groups -OCH3 is 2. The summed E-state index contributed by atoms with van der Waals surface area (Å²) in [6.07, 6.45) is 2.00. The van der Waals surface area contributed by atoms with Gasteiger partial charge in [0.15, 0.2) is 0 Å². The van der Waals surface area contributed by atoms with E-state index in [0.717, 1.165) is 45.4 Å². The highest BCUT2D eigenvalue weighted by Gasteiger charge is 2.24. The first-order valence-corrected chi connectivity index (χ1v) is 15.0. The normalized spacial score (nSPS) is 13.8. The van der Waals surface area contributed by atoms with Gasteiger partial charge in [0.2, 0.25) is 11.8 Å². The summed E-state index contributed by atoms with van der Waals surface area (Å²) in [4.78, 5) is 22.9. The minimum Gasteiger partial charge on any atom is -0.496 e. The zero-order valence-electron chi connectivity index (χ0n) is 24.9. The number of benzene rings is 2. The van der Waals surface area contributed by atoms with Crippen LogP contribution in [0.4, 0.5) is 0 Å². The summed E-state index contributed by atoms with van der Waals surface area (Å²) in [7, 11) is 3.21. The molecule has 0 unspecified atom stereocenters. The molecule has 1 aliphatic heterocycles. The van der Waals surface area contributed by atoms with E-state index in [2.05, 4.69) is 16.4 Å². The Bertz CT molecular complexity index is 1660. The summed E-state index contributed by atoms with van der Waals surface area (Å²) in [5.74, 6) is 0.831. The molecular formula is C33H35Cl2N5O4. The molecule has 4 N–H and O–H groups in total. The molecule has 1 aliphatic rings. The second kappa shape index (κ2) is 13.9. The predicted octanol–water partition coefficient (Wildman–Crippen LogP) is 5.12. The number of nitrogens with two attached hydrogens (primary N) is 1. The van der Waals surface area contributed by atoms with Gasteiger partial charge in [-0.2, -0.15) is 0 Å². The Morgan fingerprint density at radius 2 is 1.86 bits per heavy atom. The Balaban J connectivity index is 1.49. The average molecular weight is 637 g/mol. The fraction of sp³-hybridized carbons (Fsp3) is 0.303. The summed E-state index contributed by atoms with van der Waals surface area (Å²) in [5.41, 5.74) is 12.7. The van der Waals surface area contributed by atoms with Gasteiger partial charge < -0.3 is 25.6 Å². The van der Waals surface area contributed by atoms with Gasteiger partial charge in [-0.05, 0) is 43.2 Å². The fourth-order valence-electron chi connectivity index (χ4n) is 5.50. The zero-order chi connectivity index (χ0) is 31.4. The van der Waals surface area contributed by atoms with Crippen molar-refractivity contribution in [3.05, 3.63) is 81.5 Å². The number of halogens is 2. The van der Waals surface area contributed by atoms with Crippen LogP contribution in [0.3, 0.4) is 0 Å². The van der Waals surface area contributed by atoms with E-state index >= 15 is 0 Å². The summed E-state index contributed by atoms with van der Waals surface area (Å²) in [6, 6.07) is 15.4. The first-order valence-electron chi connectivity index (χ1n) is 14.3. The topological polar surface area (TPSA) is 123 Å². The van der Waals surface area contributed by atoms with Crippen molar-refractivity contribution in [1.29, 1.82) is 0 Å². The maximum absolute atomic E-state index is 11.5. The van der Waals surface area contributed by atoms with Crippen molar-refractivity contribution in [2.45, 2.75) is 32.5 Å². The van der Waals surface area contributed by atoms with Gasteiger partial charge in [0, 0.05) is 65.8 Å². The predicted molar refractivity (Wildman–Crippen MR) is 173 cm³/mol. The lowest BCUT2D eigenvalue weighted by Crippen LogP contribution is -2.37. The molecule has 230 valence electrons. The number of hydrogen-bond donors (Lipinski definition) is 3. The maximum Gasteiger partial charge on any atom is 0.231 e. The highest BCUT2D eigenvalue weighted by atomic mass is 35.5. The van der Waals surface area contributed by atoms with Gasteiger partial charge in [-0.1, -0.05) is 47.5 Å². The van der Waals surface area contributed by atoms with Crippen LogP contribution in [-0.4, -0.2) is 65.8 Å². The molecule has 4 aromatic rings. The van der Waals surface area contributed by atoms with Crippen molar-refractivity contribution in [2.24, 2.45) is 5.73 Å². The third-order valence-electron chi connectivity index (χ3n) is 7.59. The number of carbonyl (C=O) groups excluding carboxylic acids is 1. The Morgan fingerprint density at radius 3 is 2.59 bits per heavy atom. The minimum atomic E-state index is -0.454. The molecule has 2 aromatic carbocycles. The van der Waals surface area contributed by atoms with Gasteiger partial charge in [-0.25, -0.2) is 4.98 Å². The van der Waals surface area contributed by atoms with E-state index in [-0.39, 0.29) is 12.5 Å². The summed E-state index contributed by atoms with van der Waals surface area (Å²) < 4.78 is 11.3. The van der Waals surface area contributed by atoms with Crippen LogP contribution in [0.2, 0.25) is 10.0 Å². The minimum absolute atomic E-state index is 0.202. The van der Waals surface area contributed by atoms with Crippen molar-refractivity contribution in [3.63, 3.8) is 0 Å². The molecule has 1 atom stereocenters. The molecule has 0 radical (unpaired) electrons. The first-order chi connectivity index (χ1) is 21.2. The summed E-state index contributed by atoms with van der Waals surface area (Å²) in [6.45, 7) is 4.18. The number of aliphatic hydroxyl groups is 1. The standard InChI is InChI=1S/C33H35Cl2N5O4/c1-19(41)15-37-16-21-7-8-27(39-33(21)44-3)25-6-4-5-23(30(25)34)24-9-11-38-32(31(24)35)22-13-20-10-12-40(18-29(36)42)17-26(20)28(14-22)43-2/h4-9,11,13-14,19,37,41H,10,12,15-18H2,1-3H3,(H2,36,42)/t19-/m0/s1. The quantitative estimate of drug-likeness (QED) is 0.208. The lowest BCUT2D eigenvalue weighted by atomic mass is 9.94. The molecule has 44 heavy (non-hydrogen) atoms. The monoisotopic (exact) mass is 635 g/mol. The van der Waals surface area contributed by atoms with Crippen LogP contribution < -0.4 is 20.5 Å². The number of pyridine rings is 2. The molecule has 0 saturated carbocycles. The number of nitrogens with zero attached hydrogens (tertiary/aromatic N) is 3. The van der Waals surface area contributed by atoms with E-state index in [1.807, 2.05) is 47.4 Å². The van der Waals surface area contributed by atoms with Gasteiger partial charge in [-0.3, -0.25) is 14.7 Å². The van der Waals surface area contributed by atoms with E-state index in [0.29, 0.717) is 59.2 Å². The SMILES string of the molecule is COc1cc(-c2nccc(-c3cccc(-c4ccc(CNC[C@H](C)O)c(OC)n4)c3Cl)c2Cl)cc2c1CN(CC(N)=O)CC2. The second-order valence-electron chi connectivity index (χ2n) is 10.8. The average Bonchev–Trinajstić information content (AvgIpc) is 3.00. The van der Waals surface area contributed by atoms with Crippen LogP contribution >= 0.6 is 23.2 Å². The number of ether oxygens (including phenoxy) is 2. The van der Waals surface area contributed by atoms with Gasteiger partial charge in [0.1, 0.15) is 5.75 Å². The molecule has 5 rings (SSSR count). The van der Waals surface area contributed by atoms with Crippen LogP contribution in [0.5, 0.6) is 11.6 Å². The van der Waals surface area contributed by atoms with Gasteiger partial charge >= 0.3 is 0 Å². The van der Waals surface area contributed by atoms with Crippen LogP contribution in [0.15, 0.2) is 54.7 Å². The van der Waals surface area contributed by atoms with Crippen molar-refractivity contribution >= 4 is 29.1 Å². The number of amides is 1. The van der Waals surface area contributed by atoms with E-state index in [1.54, 1.807) is 27.3 Å². The van der Waals surface area contributed by atoms with E-state index in [1.165, 1.54) is 0 Å². The highest BCUT2D eigenvalue weighted by molar-refractivity contribution is 6.39. The number of aliphatic hydroxyl groups excluding tert-OH is 1. The lowest BCUT2D eigenvalue weighted by Gasteiger charge is -2.29. The zero-order valence-corrected chi connectivity index (χ0v) is 26.4. The van der Waals surface area contributed by atoms with E-state index in [4.69, 9.17) is 43.4 Å². The molecule has 1 amide bonds. The van der Waals surface area contributed by atoms with Crippen LogP contribution in [-0.2, 0) is 24.3 Å². The van der Waals surface area contributed by atoms with Crippen LogP contribution in [0.1, 0.15) is 23.6 Å². The highest BCUT2D eigenvalue weighted by Crippen LogP contribution is 2.43. The molecule has 0 aliphatic carbocycles. The molecule has 11 heteroatoms. The van der Waals surface area contributed by atoms with E-state index in [9.17, 15) is 9.90 Å². The number of nitrogens with one attached hydrogen (secondary N) is 1. The molecule has 0 saturated heterocycles. The lowest BCUT2D eigenvalue weighted by molar-refractivity contribution is -0.119. The molecular weight excluding hydrogens is 601 g/mol. The molecule has 0 fully saturated rings. The molecule has 2 aromatic heterocycles. The number of aromatic nitrogens is 2. The molecule has 0 bridgehead atoms. The number of primary amides is 1. The van der Waals surface area contributed by atoms with E-state index < -0.39 is 6.10 Å². The first kappa shape index (κ1) is 31.7. The molecule has 9 nitrogen and oxygen atoms in total. The van der Waals surface area contributed by atoms with Crippen LogP contribution in [0, 0.1) is 0 Å². The second-order valence-corrected chi connectivity index (χ2v) is 11.5. The number of hydrogen-bond acceptors (Lipinski definition) is 8. The van der Waals surface area contributed by atoms with Crippen molar-refractivity contribution < 1.29 is 19.4 Å². The number of fused-ring (bicyclic) bond motifs is 1. The van der Waals surface area contributed by atoms with Gasteiger partial charge in [0.05, 0.1) is 48.3 Å². The summed E-state index contributed by atoms with van der Waals surface area (Å²) >= 11 is 14.1. The third-order valence-corrected chi connectivity index (χ3v) is 8.38. The maximum atomic E-state index is 11.5.